The Balaban J connectivity index is 2.11. The Labute approximate surface area is 129 Å². The fourth-order valence-corrected chi connectivity index (χ4v) is 4.01. The Morgan fingerprint density at radius 1 is 1.24 bits per heavy atom. The zero-order chi connectivity index (χ0) is 15.5. The second-order valence-corrected chi connectivity index (χ2v) is 7.56. The summed E-state index contributed by atoms with van der Waals surface area (Å²) < 4.78 is 27.1. The van der Waals surface area contributed by atoms with Crippen LogP contribution in [-0.4, -0.2) is 13.5 Å². The van der Waals surface area contributed by atoms with Gasteiger partial charge in [-0.1, -0.05) is 19.1 Å². The quantitative estimate of drug-likeness (QED) is 0.858. The van der Waals surface area contributed by atoms with Crippen LogP contribution in [0.3, 0.4) is 0 Å². The normalized spacial score (nSPS) is 13.3. The minimum Gasteiger partial charge on any atom is -0.389 e. The molecule has 0 radical (unpaired) electrons. The molecule has 2 rings (SSSR count). The van der Waals surface area contributed by atoms with Gasteiger partial charge in [-0.25, -0.2) is 13.1 Å². The molecule has 0 saturated carbocycles. The Hall–Kier alpha value is -1.21. The Morgan fingerprint density at radius 3 is 2.48 bits per heavy atom. The van der Waals surface area contributed by atoms with Crippen molar-refractivity contribution in [1.29, 1.82) is 0 Å². The molecule has 0 fully saturated rings. The van der Waals surface area contributed by atoms with Gasteiger partial charge in [0.2, 0.25) is 10.0 Å². The van der Waals surface area contributed by atoms with E-state index in [2.05, 4.69) is 11.6 Å². The van der Waals surface area contributed by atoms with Crippen LogP contribution in [0.4, 0.5) is 0 Å². The van der Waals surface area contributed by atoms with Gasteiger partial charge in [-0.2, -0.15) is 0 Å². The molecule has 0 aliphatic heterocycles. The molecule has 4 nitrogen and oxygen atoms in total. The predicted molar refractivity (Wildman–Crippen MR) is 84.8 cm³/mol. The molecule has 0 aliphatic carbocycles. The number of aryl methyl sites for hydroxylation is 1. The van der Waals surface area contributed by atoms with Gasteiger partial charge in [0.1, 0.15) is 0 Å². The average Bonchev–Trinajstić information content (AvgIpc) is 2.93. The molecular weight excluding hydrogens is 306 g/mol. The number of benzene rings is 1. The summed E-state index contributed by atoms with van der Waals surface area (Å²) >= 11 is 1.56. The van der Waals surface area contributed by atoms with Gasteiger partial charge in [-0.15, -0.1) is 11.3 Å². The molecule has 1 aromatic carbocycles. The van der Waals surface area contributed by atoms with Crippen molar-refractivity contribution in [1.82, 2.24) is 4.72 Å². The molecule has 1 aromatic heterocycles. The van der Waals surface area contributed by atoms with Gasteiger partial charge in [-0.3, -0.25) is 0 Å². The lowest BCUT2D eigenvalue weighted by atomic mass is 10.1. The minimum absolute atomic E-state index is 0.210. The van der Waals surface area contributed by atoms with E-state index in [-0.39, 0.29) is 4.90 Å². The molecule has 1 heterocycles. The van der Waals surface area contributed by atoms with E-state index in [9.17, 15) is 13.5 Å². The van der Waals surface area contributed by atoms with Crippen LogP contribution < -0.4 is 4.72 Å². The van der Waals surface area contributed by atoms with Crippen LogP contribution >= 0.6 is 11.3 Å². The first kappa shape index (κ1) is 16.2. The highest BCUT2D eigenvalue weighted by atomic mass is 32.2. The van der Waals surface area contributed by atoms with Crippen LogP contribution in [0.5, 0.6) is 0 Å². The lowest BCUT2D eigenvalue weighted by Gasteiger charge is -2.09. The van der Waals surface area contributed by atoms with E-state index in [4.69, 9.17) is 0 Å². The van der Waals surface area contributed by atoms with Crippen molar-refractivity contribution in [2.75, 3.05) is 0 Å². The average molecular weight is 325 g/mol. The number of thiophene rings is 1. The molecular formula is C15H19NO3S2. The highest BCUT2D eigenvalue weighted by Crippen LogP contribution is 2.19. The second kappa shape index (κ2) is 6.70. The van der Waals surface area contributed by atoms with Crippen molar-refractivity contribution in [3.8, 4) is 0 Å². The van der Waals surface area contributed by atoms with Gasteiger partial charge in [-0.05, 0) is 48.1 Å². The maximum absolute atomic E-state index is 12.2. The smallest absolute Gasteiger partial charge is 0.240 e. The highest BCUT2D eigenvalue weighted by Gasteiger charge is 2.15. The molecule has 1 unspecified atom stereocenters. The van der Waals surface area contributed by atoms with Gasteiger partial charge in [0.15, 0.2) is 0 Å². The Bertz CT molecular complexity index is 688. The van der Waals surface area contributed by atoms with Crippen LogP contribution in [0.1, 0.15) is 36.0 Å². The number of nitrogens with one attached hydrogen (secondary N) is 1. The summed E-state index contributed by atoms with van der Waals surface area (Å²) in [4.78, 5) is 1.25. The lowest BCUT2D eigenvalue weighted by Crippen LogP contribution is -2.23. The van der Waals surface area contributed by atoms with Crippen LogP contribution in [0.15, 0.2) is 40.6 Å². The van der Waals surface area contributed by atoms with Crippen molar-refractivity contribution in [3.63, 3.8) is 0 Å². The van der Waals surface area contributed by atoms with E-state index < -0.39 is 16.1 Å². The zero-order valence-electron chi connectivity index (χ0n) is 12.0. The molecule has 2 aromatic rings. The molecule has 0 amide bonds. The van der Waals surface area contributed by atoms with Crippen molar-refractivity contribution < 1.29 is 13.5 Å². The monoisotopic (exact) mass is 325 g/mol. The van der Waals surface area contributed by atoms with E-state index >= 15 is 0 Å². The molecule has 2 N–H and O–H groups in total. The van der Waals surface area contributed by atoms with Gasteiger partial charge in [0, 0.05) is 11.4 Å². The van der Waals surface area contributed by atoms with Gasteiger partial charge >= 0.3 is 0 Å². The number of aliphatic hydroxyl groups excluding tert-OH is 1. The van der Waals surface area contributed by atoms with E-state index in [0.29, 0.717) is 12.1 Å². The largest absolute Gasteiger partial charge is 0.389 e. The maximum Gasteiger partial charge on any atom is 0.240 e. The highest BCUT2D eigenvalue weighted by molar-refractivity contribution is 7.89. The predicted octanol–water partition coefficient (Wildman–Crippen LogP) is 2.84. The first-order chi connectivity index (χ1) is 9.94. The second-order valence-electron chi connectivity index (χ2n) is 4.79. The van der Waals surface area contributed by atoms with Crippen LogP contribution in [0.2, 0.25) is 0 Å². The first-order valence-corrected chi connectivity index (χ1v) is 9.13. The lowest BCUT2D eigenvalue weighted by molar-refractivity contribution is 0.199. The van der Waals surface area contributed by atoms with Crippen molar-refractivity contribution in [2.24, 2.45) is 0 Å². The Kier molecular flexibility index (Phi) is 5.16. The molecule has 0 saturated heterocycles. The minimum atomic E-state index is -3.53. The van der Waals surface area contributed by atoms with Gasteiger partial charge in [0.25, 0.3) is 0 Å². The van der Waals surface area contributed by atoms with Gasteiger partial charge in [0.05, 0.1) is 11.0 Å². The number of rotatable bonds is 6. The van der Waals surface area contributed by atoms with Crippen LogP contribution in [-0.2, 0) is 23.0 Å². The number of sulfonamides is 1. The fourth-order valence-electron chi connectivity index (χ4n) is 2.01. The van der Waals surface area contributed by atoms with Gasteiger partial charge < -0.3 is 5.11 Å². The summed E-state index contributed by atoms with van der Waals surface area (Å²) in [6.45, 7) is 4.00. The van der Waals surface area contributed by atoms with Crippen LogP contribution in [0.25, 0.3) is 0 Å². The summed E-state index contributed by atoms with van der Waals surface area (Å²) in [5.41, 5.74) is 1.87. The summed E-state index contributed by atoms with van der Waals surface area (Å²) in [6, 6.07) is 8.30. The summed E-state index contributed by atoms with van der Waals surface area (Å²) in [6.07, 6.45) is 0.289. The van der Waals surface area contributed by atoms with Crippen molar-refractivity contribution >= 4 is 21.4 Å². The van der Waals surface area contributed by atoms with E-state index in [0.717, 1.165) is 11.3 Å². The molecule has 1 atom stereocenters. The fraction of sp³-hybridized carbons (Fsp3) is 0.333. The summed E-state index contributed by atoms with van der Waals surface area (Å²) in [7, 11) is -3.53. The van der Waals surface area contributed by atoms with Crippen LogP contribution in [0, 0.1) is 0 Å². The number of aliphatic hydroxyl groups is 1. The number of hydrogen-bond donors (Lipinski definition) is 2. The SMILES string of the molecule is CCc1ccsc1CNS(=O)(=O)c1ccc(C(C)O)cc1. The van der Waals surface area contributed by atoms with Crippen molar-refractivity contribution in [3.05, 3.63) is 51.7 Å². The summed E-state index contributed by atoms with van der Waals surface area (Å²) in [5, 5.41) is 11.4. The Morgan fingerprint density at radius 2 is 1.90 bits per heavy atom. The third-order valence-corrected chi connectivity index (χ3v) is 5.69. The number of hydrogen-bond acceptors (Lipinski definition) is 4. The first-order valence-electron chi connectivity index (χ1n) is 6.77. The van der Waals surface area contributed by atoms with E-state index in [1.807, 2.05) is 11.4 Å². The maximum atomic E-state index is 12.2. The zero-order valence-corrected chi connectivity index (χ0v) is 13.7. The standard InChI is InChI=1S/C15H19NO3S2/c1-3-12-8-9-20-15(12)10-16-21(18,19)14-6-4-13(5-7-14)11(2)17/h4-9,11,16-17H,3,10H2,1-2H3. The molecule has 0 spiro atoms. The summed E-state index contributed by atoms with van der Waals surface area (Å²) in [5.74, 6) is 0. The van der Waals surface area contributed by atoms with E-state index in [1.54, 1.807) is 30.4 Å². The molecule has 0 bridgehead atoms. The molecule has 21 heavy (non-hydrogen) atoms. The third-order valence-electron chi connectivity index (χ3n) is 3.31. The van der Waals surface area contributed by atoms with E-state index in [1.165, 1.54) is 17.7 Å². The molecule has 114 valence electrons. The van der Waals surface area contributed by atoms with Crippen molar-refractivity contribution in [2.45, 2.75) is 37.8 Å². The third kappa shape index (κ3) is 3.91. The molecule has 0 aliphatic rings. The molecule has 6 heteroatoms. The topological polar surface area (TPSA) is 66.4 Å².